The van der Waals surface area contributed by atoms with E-state index in [-0.39, 0.29) is 0 Å². The van der Waals surface area contributed by atoms with E-state index in [2.05, 4.69) is 84.0 Å². The quantitative estimate of drug-likeness (QED) is 0.651. The van der Waals surface area contributed by atoms with Crippen LogP contribution in [0.3, 0.4) is 0 Å². The highest BCUT2D eigenvalue weighted by Gasteiger charge is 2.39. The van der Waals surface area contributed by atoms with Gasteiger partial charge in [0, 0.05) is 29.1 Å². The van der Waals surface area contributed by atoms with Crippen LogP contribution in [-0.2, 0) is 0 Å². The van der Waals surface area contributed by atoms with Crippen LogP contribution < -0.4 is 15.5 Å². The molecular formula is C23H29N3S. The lowest BCUT2D eigenvalue weighted by atomic mass is 9.96. The minimum atomic E-state index is 0.381. The van der Waals surface area contributed by atoms with Crippen molar-refractivity contribution in [1.82, 2.24) is 5.32 Å². The predicted octanol–water partition coefficient (Wildman–Crippen LogP) is 5.71. The van der Waals surface area contributed by atoms with Crippen LogP contribution in [0.5, 0.6) is 0 Å². The summed E-state index contributed by atoms with van der Waals surface area (Å²) in [4.78, 5) is 2.34. The number of rotatable bonds is 5. The van der Waals surface area contributed by atoms with Gasteiger partial charge < -0.3 is 15.5 Å². The standard InChI is InChI=1S/C23H29N3S/c1-16(2)26(20-6-4-3-5-7-20)21-12-10-19(11-13-21)24-23(27)25-22-15-17-8-9-18(22)14-17/h3-7,10-13,16-18,22H,8-9,14-15H2,1-2H3,(H2,24,25,27)/t17-,18+,22-/m1/s1. The molecule has 0 aromatic heterocycles. The van der Waals surface area contributed by atoms with Gasteiger partial charge in [0.25, 0.3) is 0 Å². The second-order valence-electron chi connectivity index (χ2n) is 8.23. The van der Waals surface area contributed by atoms with E-state index in [1.54, 1.807) is 0 Å². The Hall–Kier alpha value is -2.07. The molecule has 0 aliphatic heterocycles. The summed E-state index contributed by atoms with van der Waals surface area (Å²) in [5, 5.41) is 7.67. The lowest BCUT2D eigenvalue weighted by Crippen LogP contribution is -2.40. The SMILES string of the molecule is CC(C)N(c1ccccc1)c1ccc(NC(=S)N[C@@H]2C[C@@H]3CC[C@H]2C3)cc1. The van der Waals surface area contributed by atoms with E-state index in [1.807, 2.05) is 0 Å². The van der Waals surface area contributed by atoms with Crippen molar-refractivity contribution in [2.45, 2.75) is 51.6 Å². The van der Waals surface area contributed by atoms with E-state index < -0.39 is 0 Å². The largest absolute Gasteiger partial charge is 0.359 e. The Labute approximate surface area is 168 Å². The van der Waals surface area contributed by atoms with Gasteiger partial charge in [0.05, 0.1) is 0 Å². The van der Waals surface area contributed by atoms with Gasteiger partial charge in [-0.1, -0.05) is 24.6 Å². The van der Waals surface area contributed by atoms with E-state index in [1.165, 1.54) is 37.1 Å². The van der Waals surface area contributed by atoms with Gasteiger partial charge in [-0.25, -0.2) is 0 Å². The third-order valence-electron chi connectivity index (χ3n) is 6.01. The van der Waals surface area contributed by atoms with Gasteiger partial charge in [0.2, 0.25) is 0 Å². The molecule has 4 heteroatoms. The summed E-state index contributed by atoms with van der Waals surface area (Å²) in [6, 6.07) is 20.0. The van der Waals surface area contributed by atoms with Crippen molar-refractivity contribution in [3.63, 3.8) is 0 Å². The minimum Gasteiger partial charge on any atom is -0.359 e. The van der Waals surface area contributed by atoms with Crippen LogP contribution in [0, 0.1) is 11.8 Å². The molecule has 4 rings (SSSR count). The summed E-state index contributed by atoms with van der Waals surface area (Å²) in [5.74, 6) is 1.75. The topological polar surface area (TPSA) is 27.3 Å². The molecule has 3 atom stereocenters. The average molecular weight is 380 g/mol. The van der Waals surface area contributed by atoms with Crippen molar-refractivity contribution in [3.05, 3.63) is 54.6 Å². The van der Waals surface area contributed by atoms with E-state index in [0.717, 1.165) is 22.6 Å². The highest BCUT2D eigenvalue weighted by Crippen LogP contribution is 2.44. The van der Waals surface area contributed by atoms with Gasteiger partial charge >= 0.3 is 0 Å². The second kappa shape index (κ2) is 7.89. The maximum Gasteiger partial charge on any atom is 0.171 e. The normalized spacial score (nSPS) is 23.4. The summed E-state index contributed by atoms with van der Waals surface area (Å²) in [5.41, 5.74) is 3.44. The van der Waals surface area contributed by atoms with Crippen LogP contribution in [0.15, 0.2) is 54.6 Å². The molecule has 0 unspecified atom stereocenters. The van der Waals surface area contributed by atoms with Crippen molar-refractivity contribution in [3.8, 4) is 0 Å². The highest BCUT2D eigenvalue weighted by molar-refractivity contribution is 7.80. The molecule has 2 saturated carbocycles. The first-order valence-electron chi connectivity index (χ1n) is 10.1. The number of anilines is 3. The van der Waals surface area contributed by atoms with Crippen molar-refractivity contribution in [1.29, 1.82) is 0 Å². The highest BCUT2D eigenvalue weighted by atomic mass is 32.1. The molecule has 142 valence electrons. The molecule has 2 bridgehead atoms. The van der Waals surface area contributed by atoms with Crippen LogP contribution in [0.4, 0.5) is 17.1 Å². The molecule has 0 amide bonds. The Kier molecular flexibility index (Phi) is 5.35. The minimum absolute atomic E-state index is 0.381. The molecule has 0 saturated heterocycles. The smallest absolute Gasteiger partial charge is 0.171 e. The number of fused-ring (bicyclic) bond motifs is 2. The number of thiocarbonyl (C=S) groups is 1. The zero-order valence-electron chi connectivity index (χ0n) is 16.2. The third kappa shape index (κ3) is 4.11. The number of para-hydroxylation sites is 1. The van der Waals surface area contributed by atoms with Crippen LogP contribution in [0.25, 0.3) is 0 Å². The van der Waals surface area contributed by atoms with Crippen LogP contribution in [0.1, 0.15) is 39.5 Å². The molecule has 3 nitrogen and oxygen atoms in total. The molecule has 2 N–H and O–H groups in total. The molecule has 2 aromatic carbocycles. The van der Waals surface area contributed by atoms with Gasteiger partial charge in [0.15, 0.2) is 5.11 Å². The van der Waals surface area contributed by atoms with Gasteiger partial charge in [0.1, 0.15) is 0 Å². The van der Waals surface area contributed by atoms with Gasteiger partial charge in [-0.2, -0.15) is 0 Å². The first kappa shape index (κ1) is 18.3. The molecule has 2 fully saturated rings. The van der Waals surface area contributed by atoms with Gasteiger partial charge in [-0.15, -0.1) is 0 Å². The summed E-state index contributed by atoms with van der Waals surface area (Å²) >= 11 is 5.56. The molecule has 2 aliphatic carbocycles. The van der Waals surface area contributed by atoms with Gasteiger partial charge in [-0.05, 0) is 93.6 Å². The maximum atomic E-state index is 5.56. The first-order chi connectivity index (χ1) is 13.1. The second-order valence-corrected chi connectivity index (χ2v) is 8.63. The predicted molar refractivity (Wildman–Crippen MR) is 119 cm³/mol. The van der Waals surface area contributed by atoms with Crippen LogP contribution >= 0.6 is 12.2 Å². The fourth-order valence-corrected chi connectivity index (χ4v) is 5.07. The number of nitrogens with one attached hydrogen (secondary N) is 2. The summed E-state index contributed by atoms with van der Waals surface area (Å²) in [7, 11) is 0. The molecule has 2 aliphatic rings. The number of hydrogen-bond acceptors (Lipinski definition) is 2. The van der Waals surface area contributed by atoms with E-state index >= 15 is 0 Å². The van der Waals surface area contributed by atoms with Crippen LogP contribution in [0.2, 0.25) is 0 Å². The lowest BCUT2D eigenvalue weighted by Gasteiger charge is -2.29. The Bertz CT molecular complexity index is 772. The van der Waals surface area contributed by atoms with E-state index in [9.17, 15) is 0 Å². The van der Waals surface area contributed by atoms with Gasteiger partial charge in [-0.3, -0.25) is 0 Å². The molecule has 0 radical (unpaired) electrons. The zero-order valence-corrected chi connectivity index (χ0v) is 17.0. The van der Waals surface area contributed by atoms with Crippen molar-refractivity contribution < 1.29 is 0 Å². The van der Waals surface area contributed by atoms with Crippen molar-refractivity contribution >= 4 is 34.4 Å². The Morgan fingerprint density at radius 3 is 2.26 bits per heavy atom. The summed E-state index contributed by atoms with van der Waals surface area (Å²) < 4.78 is 0. The van der Waals surface area contributed by atoms with E-state index in [4.69, 9.17) is 12.2 Å². The third-order valence-corrected chi connectivity index (χ3v) is 6.23. The molecule has 27 heavy (non-hydrogen) atoms. The first-order valence-corrected chi connectivity index (χ1v) is 10.5. The number of benzene rings is 2. The van der Waals surface area contributed by atoms with Crippen LogP contribution in [-0.4, -0.2) is 17.2 Å². The van der Waals surface area contributed by atoms with E-state index in [0.29, 0.717) is 12.1 Å². The zero-order chi connectivity index (χ0) is 18.8. The Balaban J connectivity index is 1.40. The fraction of sp³-hybridized carbons (Fsp3) is 0.435. The Morgan fingerprint density at radius 1 is 0.963 bits per heavy atom. The molecule has 2 aromatic rings. The molecule has 0 spiro atoms. The summed E-state index contributed by atoms with van der Waals surface area (Å²) in [6.07, 6.45) is 5.45. The number of nitrogens with zero attached hydrogens (tertiary/aromatic N) is 1. The average Bonchev–Trinajstić information content (AvgIpc) is 3.27. The van der Waals surface area contributed by atoms with Crippen molar-refractivity contribution in [2.75, 3.05) is 10.2 Å². The van der Waals surface area contributed by atoms with Crippen molar-refractivity contribution in [2.24, 2.45) is 11.8 Å². The summed E-state index contributed by atoms with van der Waals surface area (Å²) in [6.45, 7) is 4.43. The number of hydrogen-bond donors (Lipinski definition) is 2. The maximum absolute atomic E-state index is 5.56. The fourth-order valence-electron chi connectivity index (χ4n) is 4.80. The lowest BCUT2D eigenvalue weighted by molar-refractivity contribution is 0.392. The monoisotopic (exact) mass is 379 g/mol. The molecular weight excluding hydrogens is 350 g/mol. The Morgan fingerprint density at radius 2 is 1.67 bits per heavy atom. The molecule has 0 heterocycles.